The number of hydrogen-bond acceptors (Lipinski definition) is 5. The molecule has 1 saturated carbocycles. The van der Waals surface area contributed by atoms with E-state index in [0.717, 1.165) is 24.2 Å². The van der Waals surface area contributed by atoms with Crippen molar-refractivity contribution < 1.29 is 18.7 Å². The molecule has 148 valence electrons. The van der Waals surface area contributed by atoms with Crippen molar-refractivity contribution in [2.24, 2.45) is 0 Å². The van der Waals surface area contributed by atoms with E-state index in [9.17, 15) is 9.59 Å². The highest BCUT2D eigenvalue weighted by Gasteiger charge is 2.28. The van der Waals surface area contributed by atoms with Gasteiger partial charge in [-0.3, -0.25) is 14.5 Å². The molecular formula is C21H25N3O4. The van der Waals surface area contributed by atoms with Crippen molar-refractivity contribution in [3.8, 4) is 5.75 Å². The number of para-hydroxylation sites is 1. The van der Waals surface area contributed by atoms with Crippen LogP contribution in [0, 0.1) is 0 Å². The van der Waals surface area contributed by atoms with E-state index in [1.54, 1.807) is 11.0 Å². The normalized spacial score (nSPS) is 17.4. The number of nitrogens with one attached hydrogen (secondary N) is 1. The molecule has 4 rings (SSSR count). The standard InChI is InChI=1S/C21H25N3O4/c25-19(22-17-6-7-17)14-23-9-11-24(12-10-23)21(26)20-16(8-13-27-20)15-28-18-4-2-1-3-5-18/h1-5,8,13,17H,6-7,9-12,14-15H2,(H,22,25). The lowest BCUT2D eigenvalue weighted by atomic mass is 10.2. The maximum absolute atomic E-state index is 12.9. The molecule has 7 heteroatoms. The van der Waals surface area contributed by atoms with Crippen molar-refractivity contribution in [3.05, 3.63) is 54.0 Å². The van der Waals surface area contributed by atoms with Gasteiger partial charge in [0.25, 0.3) is 5.91 Å². The second-order valence-corrected chi connectivity index (χ2v) is 7.29. The van der Waals surface area contributed by atoms with E-state index in [4.69, 9.17) is 9.15 Å². The zero-order chi connectivity index (χ0) is 19.3. The number of furan rings is 1. The highest BCUT2D eigenvalue weighted by molar-refractivity contribution is 5.93. The van der Waals surface area contributed by atoms with Gasteiger partial charge in [-0.2, -0.15) is 0 Å². The molecule has 1 aliphatic carbocycles. The second-order valence-electron chi connectivity index (χ2n) is 7.29. The lowest BCUT2D eigenvalue weighted by molar-refractivity contribution is -0.122. The SMILES string of the molecule is O=C(CN1CCN(C(=O)c2occc2COc2ccccc2)CC1)NC1CC1. The Kier molecular flexibility index (Phi) is 5.62. The van der Waals surface area contributed by atoms with Crippen LogP contribution in [-0.2, 0) is 11.4 Å². The first-order valence-electron chi connectivity index (χ1n) is 9.74. The third-order valence-electron chi connectivity index (χ3n) is 5.05. The average molecular weight is 383 g/mol. The van der Waals surface area contributed by atoms with E-state index in [-0.39, 0.29) is 18.4 Å². The molecule has 0 radical (unpaired) electrons. The number of rotatable bonds is 7. The average Bonchev–Trinajstić information content (AvgIpc) is 3.40. The summed E-state index contributed by atoms with van der Waals surface area (Å²) < 4.78 is 11.2. The van der Waals surface area contributed by atoms with Gasteiger partial charge in [0.05, 0.1) is 12.8 Å². The fraction of sp³-hybridized carbons (Fsp3) is 0.429. The van der Waals surface area contributed by atoms with Gasteiger partial charge in [-0.15, -0.1) is 0 Å². The number of carbonyl (C=O) groups is 2. The zero-order valence-electron chi connectivity index (χ0n) is 15.8. The number of benzene rings is 1. The van der Waals surface area contributed by atoms with Gasteiger partial charge in [-0.25, -0.2) is 0 Å². The molecular weight excluding hydrogens is 358 g/mol. The van der Waals surface area contributed by atoms with Crippen LogP contribution in [-0.4, -0.2) is 60.4 Å². The summed E-state index contributed by atoms with van der Waals surface area (Å²) in [5.41, 5.74) is 0.736. The first-order chi connectivity index (χ1) is 13.7. The highest BCUT2D eigenvalue weighted by Crippen LogP contribution is 2.19. The number of carbonyl (C=O) groups excluding carboxylic acids is 2. The summed E-state index contributed by atoms with van der Waals surface area (Å²) in [6.45, 7) is 3.20. The predicted octanol–water partition coefficient (Wildman–Crippen LogP) is 1.90. The lowest BCUT2D eigenvalue weighted by Crippen LogP contribution is -2.51. The van der Waals surface area contributed by atoms with Gasteiger partial charge in [0.15, 0.2) is 5.76 Å². The van der Waals surface area contributed by atoms with Crippen LogP contribution in [0.5, 0.6) is 5.75 Å². The fourth-order valence-corrected chi connectivity index (χ4v) is 3.27. The zero-order valence-corrected chi connectivity index (χ0v) is 15.8. The minimum atomic E-state index is -0.126. The Morgan fingerprint density at radius 1 is 1.07 bits per heavy atom. The summed E-state index contributed by atoms with van der Waals surface area (Å²) >= 11 is 0. The summed E-state index contributed by atoms with van der Waals surface area (Å²) in [5, 5.41) is 3.00. The molecule has 2 aromatic rings. The van der Waals surface area contributed by atoms with Crippen molar-refractivity contribution >= 4 is 11.8 Å². The van der Waals surface area contributed by atoms with Gasteiger partial charge in [0.1, 0.15) is 12.4 Å². The number of nitrogens with zero attached hydrogens (tertiary/aromatic N) is 2. The molecule has 28 heavy (non-hydrogen) atoms. The molecule has 1 saturated heterocycles. The molecule has 0 unspecified atom stereocenters. The van der Waals surface area contributed by atoms with Gasteiger partial charge in [0, 0.05) is 37.8 Å². The van der Waals surface area contributed by atoms with E-state index in [1.807, 2.05) is 30.3 Å². The van der Waals surface area contributed by atoms with Crippen LogP contribution >= 0.6 is 0 Å². The Hall–Kier alpha value is -2.80. The van der Waals surface area contributed by atoms with Gasteiger partial charge >= 0.3 is 0 Å². The molecule has 0 atom stereocenters. The number of amides is 2. The van der Waals surface area contributed by atoms with E-state index < -0.39 is 0 Å². The van der Waals surface area contributed by atoms with Crippen LogP contribution in [0.15, 0.2) is 47.1 Å². The van der Waals surface area contributed by atoms with Gasteiger partial charge in [-0.1, -0.05) is 18.2 Å². The summed E-state index contributed by atoms with van der Waals surface area (Å²) in [7, 11) is 0. The van der Waals surface area contributed by atoms with Gasteiger partial charge in [-0.05, 0) is 31.0 Å². The van der Waals surface area contributed by atoms with Crippen molar-refractivity contribution in [2.75, 3.05) is 32.7 Å². The largest absolute Gasteiger partial charge is 0.489 e. The summed E-state index contributed by atoms with van der Waals surface area (Å²) in [6.07, 6.45) is 3.70. The highest BCUT2D eigenvalue weighted by atomic mass is 16.5. The van der Waals surface area contributed by atoms with Crippen molar-refractivity contribution in [2.45, 2.75) is 25.5 Å². The van der Waals surface area contributed by atoms with Crippen molar-refractivity contribution in [1.82, 2.24) is 15.1 Å². The van der Waals surface area contributed by atoms with Crippen molar-refractivity contribution in [3.63, 3.8) is 0 Å². The number of piperazine rings is 1. The smallest absolute Gasteiger partial charge is 0.290 e. The number of hydrogen-bond donors (Lipinski definition) is 1. The summed E-state index contributed by atoms with van der Waals surface area (Å²) in [5.74, 6) is 1.03. The first kappa shape index (κ1) is 18.6. The molecule has 2 aliphatic rings. The first-order valence-corrected chi connectivity index (χ1v) is 9.74. The molecule has 7 nitrogen and oxygen atoms in total. The molecule has 0 bridgehead atoms. The van der Waals surface area contributed by atoms with E-state index in [0.29, 0.717) is 44.5 Å². The van der Waals surface area contributed by atoms with Crippen molar-refractivity contribution in [1.29, 1.82) is 0 Å². The molecule has 2 heterocycles. The summed E-state index contributed by atoms with van der Waals surface area (Å²) in [4.78, 5) is 28.7. The molecule has 1 aromatic carbocycles. The second kappa shape index (κ2) is 8.48. The molecule has 1 N–H and O–H groups in total. The van der Waals surface area contributed by atoms with E-state index in [2.05, 4.69) is 10.2 Å². The van der Waals surface area contributed by atoms with E-state index in [1.165, 1.54) is 6.26 Å². The topological polar surface area (TPSA) is 75.0 Å². The minimum absolute atomic E-state index is 0.0775. The predicted molar refractivity (Wildman–Crippen MR) is 103 cm³/mol. The van der Waals surface area contributed by atoms with Crippen LogP contribution in [0.1, 0.15) is 29.0 Å². The van der Waals surface area contributed by atoms with E-state index >= 15 is 0 Å². The van der Waals surface area contributed by atoms with Gasteiger partial charge in [0.2, 0.25) is 5.91 Å². The maximum Gasteiger partial charge on any atom is 0.290 e. The Labute approximate surface area is 164 Å². The third kappa shape index (κ3) is 4.72. The lowest BCUT2D eigenvalue weighted by Gasteiger charge is -2.34. The Balaban J connectivity index is 1.28. The Morgan fingerprint density at radius 3 is 2.54 bits per heavy atom. The third-order valence-corrected chi connectivity index (χ3v) is 5.05. The quantitative estimate of drug-likeness (QED) is 0.790. The maximum atomic E-state index is 12.9. The summed E-state index contributed by atoms with van der Waals surface area (Å²) in [6, 6.07) is 11.6. The van der Waals surface area contributed by atoms with Crippen LogP contribution in [0.4, 0.5) is 0 Å². The Morgan fingerprint density at radius 2 is 1.82 bits per heavy atom. The molecule has 0 spiro atoms. The molecule has 2 amide bonds. The number of ether oxygens (including phenoxy) is 1. The molecule has 1 aliphatic heterocycles. The molecule has 2 fully saturated rings. The fourth-order valence-electron chi connectivity index (χ4n) is 3.27. The van der Waals surface area contributed by atoms with Gasteiger partial charge < -0.3 is 19.4 Å². The van der Waals surface area contributed by atoms with Crippen LogP contribution in [0.25, 0.3) is 0 Å². The Bertz CT molecular complexity index is 808. The van der Waals surface area contributed by atoms with Crippen LogP contribution in [0.2, 0.25) is 0 Å². The van der Waals surface area contributed by atoms with Crippen LogP contribution < -0.4 is 10.1 Å². The molecule has 1 aromatic heterocycles. The van der Waals surface area contributed by atoms with Crippen LogP contribution in [0.3, 0.4) is 0 Å². The monoisotopic (exact) mass is 383 g/mol. The minimum Gasteiger partial charge on any atom is -0.489 e.